The third kappa shape index (κ3) is 2.72. The summed E-state index contributed by atoms with van der Waals surface area (Å²) in [7, 11) is 0. The molecule has 1 aromatic heterocycles. The van der Waals surface area contributed by atoms with Gasteiger partial charge in [0, 0.05) is 11.8 Å². The van der Waals surface area contributed by atoms with E-state index in [1.807, 2.05) is 0 Å². The van der Waals surface area contributed by atoms with Crippen molar-refractivity contribution in [1.29, 1.82) is 0 Å². The quantitative estimate of drug-likeness (QED) is 0.888. The van der Waals surface area contributed by atoms with Gasteiger partial charge in [-0.1, -0.05) is 11.6 Å². The summed E-state index contributed by atoms with van der Waals surface area (Å²) >= 11 is 5.60. The Kier molecular flexibility index (Phi) is 3.26. The van der Waals surface area contributed by atoms with Gasteiger partial charge in [0.1, 0.15) is 0 Å². The second-order valence-corrected chi connectivity index (χ2v) is 4.28. The first-order valence-corrected chi connectivity index (χ1v) is 6.05. The molecule has 2 N–H and O–H groups in total. The molecule has 7 nitrogen and oxygen atoms in total. The Morgan fingerprint density at radius 3 is 2.75 bits per heavy atom. The molecule has 0 fully saturated rings. The highest BCUT2D eigenvalue weighted by Crippen LogP contribution is 2.34. The highest BCUT2D eigenvalue weighted by Gasteiger charge is 2.14. The number of aromatic nitrogens is 2. The van der Waals surface area contributed by atoms with Crippen LogP contribution in [-0.4, -0.2) is 23.0 Å². The maximum absolute atomic E-state index is 11.8. The number of anilines is 2. The molecule has 0 saturated carbocycles. The minimum atomic E-state index is -0.444. The summed E-state index contributed by atoms with van der Waals surface area (Å²) < 4.78 is 10.4. The minimum Gasteiger partial charge on any atom is -0.454 e. The minimum absolute atomic E-state index is 0.186. The molecule has 0 radical (unpaired) electrons. The molecule has 0 bridgehead atoms. The average Bonchev–Trinajstić information content (AvgIpc) is 2.89. The van der Waals surface area contributed by atoms with Crippen molar-refractivity contribution in [2.45, 2.75) is 0 Å². The fraction of sp³-hybridized carbons (Fsp3) is 0.0833. The Balaban J connectivity index is 1.65. The van der Waals surface area contributed by atoms with E-state index in [1.165, 1.54) is 6.07 Å². The van der Waals surface area contributed by atoms with Gasteiger partial charge in [0.2, 0.25) is 6.79 Å². The van der Waals surface area contributed by atoms with Gasteiger partial charge in [-0.05, 0) is 24.3 Å². The molecule has 20 heavy (non-hydrogen) atoms. The molecule has 0 spiro atoms. The molecule has 2 heterocycles. The standard InChI is InChI=1S/C12H9ClN4O3/c13-10-3-4-11(17-16-10)15-12(18)14-7-1-2-8-9(5-7)20-6-19-8/h1-5H,6H2,(H2,14,15,17,18). The molecule has 0 unspecified atom stereocenters. The summed E-state index contributed by atoms with van der Waals surface area (Å²) in [5.41, 5.74) is 0.577. The number of fused-ring (bicyclic) bond motifs is 1. The van der Waals surface area contributed by atoms with Gasteiger partial charge >= 0.3 is 6.03 Å². The van der Waals surface area contributed by atoms with E-state index in [-0.39, 0.29) is 11.9 Å². The molecule has 1 aromatic carbocycles. The SMILES string of the molecule is O=C(Nc1ccc2c(c1)OCO2)Nc1ccc(Cl)nn1. The zero-order valence-electron chi connectivity index (χ0n) is 10.1. The lowest BCUT2D eigenvalue weighted by molar-refractivity contribution is 0.174. The Morgan fingerprint density at radius 2 is 1.95 bits per heavy atom. The predicted molar refractivity (Wildman–Crippen MR) is 72.2 cm³/mol. The van der Waals surface area contributed by atoms with Crippen molar-refractivity contribution in [1.82, 2.24) is 10.2 Å². The van der Waals surface area contributed by atoms with Crippen LogP contribution >= 0.6 is 11.6 Å². The Morgan fingerprint density at radius 1 is 1.10 bits per heavy atom. The number of carbonyl (C=O) groups excluding carboxylic acids is 1. The third-order valence-corrected chi connectivity index (χ3v) is 2.71. The zero-order chi connectivity index (χ0) is 13.9. The fourth-order valence-corrected chi connectivity index (χ4v) is 1.74. The molecule has 2 amide bonds. The monoisotopic (exact) mass is 292 g/mol. The van der Waals surface area contributed by atoms with Crippen molar-refractivity contribution < 1.29 is 14.3 Å². The second-order valence-electron chi connectivity index (χ2n) is 3.89. The maximum atomic E-state index is 11.8. The predicted octanol–water partition coefficient (Wildman–Crippen LogP) is 2.50. The first-order valence-electron chi connectivity index (χ1n) is 5.67. The number of nitrogens with one attached hydrogen (secondary N) is 2. The molecule has 0 atom stereocenters. The van der Waals surface area contributed by atoms with Gasteiger partial charge in [-0.15, -0.1) is 10.2 Å². The highest BCUT2D eigenvalue weighted by molar-refractivity contribution is 6.29. The van der Waals surface area contributed by atoms with Crippen LogP contribution in [0.25, 0.3) is 0 Å². The lowest BCUT2D eigenvalue weighted by Crippen LogP contribution is -2.20. The van der Waals surface area contributed by atoms with Crippen molar-refractivity contribution in [3.8, 4) is 11.5 Å². The lowest BCUT2D eigenvalue weighted by atomic mass is 10.3. The number of ether oxygens (including phenoxy) is 2. The molecule has 1 aliphatic rings. The number of nitrogens with zero attached hydrogens (tertiary/aromatic N) is 2. The number of rotatable bonds is 2. The van der Waals surface area contributed by atoms with E-state index in [2.05, 4.69) is 20.8 Å². The number of benzene rings is 1. The molecular weight excluding hydrogens is 284 g/mol. The average molecular weight is 293 g/mol. The fourth-order valence-electron chi connectivity index (χ4n) is 1.64. The van der Waals surface area contributed by atoms with Gasteiger partial charge in [-0.2, -0.15) is 0 Å². The van der Waals surface area contributed by atoms with Crippen molar-refractivity contribution in [2.24, 2.45) is 0 Å². The first kappa shape index (κ1) is 12.5. The Hall–Kier alpha value is -2.54. The van der Waals surface area contributed by atoms with Gasteiger partial charge in [-0.25, -0.2) is 4.79 Å². The van der Waals surface area contributed by atoms with Crippen LogP contribution in [-0.2, 0) is 0 Å². The van der Waals surface area contributed by atoms with Crippen molar-refractivity contribution in [3.05, 3.63) is 35.5 Å². The summed E-state index contributed by atoms with van der Waals surface area (Å²) in [6.45, 7) is 0.186. The molecule has 3 rings (SSSR count). The van der Waals surface area contributed by atoms with E-state index < -0.39 is 6.03 Å². The third-order valence-electron chi connectivity index (χ3n) is 2.50. The van der Waals surface area contributed by atoms with E-state index in [0.29, 0.717) is 23.0 Å². The van der Waals surface area contributed by atoms with Crippen LogP contribution in [0.5, 0.6) is 11.5 Å². The number of halogens is 1. The largest absolute Gasteiger partial charge is 0.454 e. The molecular formula is C12H9ClN4O3. The molecule has 0 saturated heterocycles. The molecule has 102 valence electrons. The second kappa shape index (κ2) is 5.22. The normalized spacial score (nSPS) is 12.1. The number of hydrogen-bond acceptors (Lipinski definition) is 5. The number of urea groups is 1. The van der Waals surface area contributed by atoms with Crippen molar-refractivity contribution >= 4 is 29.1 Å². The van der Waals surface area contributed by atoms with Gasteiger partial charge < -0.3 is 14.8 Å². The first-order chi connectivity index (χ1) is 9.70. The van der Waals surface area contributed by atoms with E-state index in [1.54, 1.807) is 24.3 Å². The molecule has 2 aromatic rings. The summed E-state index contributed by atoms with van der Waals surface area (Å²) in [5, 5.41) is 12.8. The summed E-state index contributed by atoms with van der Waals surface area (Å²) in [5.74, 6) is 1.54. The number of hydrogen-bond donors (Lipinski definition) is 2. The zero-order valence-corrected chi connectivity index (χ0v) is 10.8. The highest BCUT2D eigenvalue weighted by atomic mass is 35.5. The molecule has 8 heteroatoms. The van der Waals surface area contributed by atoms with Crippen LogP contribution in [0.3, 0.4) is 0 Å². The topological polar surface area (TPSA) is 85.4 Å². The van der Waals surface area contributed by atoms with E-state index in [9.17, 15) is 4.79 Å². The van der Waals surface area contributed by atoms with E-state index in [0.717, 1.165) is 0 Å². The van der Waals surface area contributed by atoms with Crippen LogP contribution in [0.2, 0.25) is 5.15 Å². The number of carbonyl (C=O) groups is 1. The Bertz CT molecular complexity index is 648. The van der Waals surface area contributed by atoms with E-state index in [4.69, 9.17) is 21.1 Å². The number of amides is 2. The van der Waals surface area contributed by atoms with Gasteiger partial charge in [0.25, 0.3) is 0 Å². The van der Waals surface area contributed by atoms with Crippen LogP contribution in [0.15, 0.2) is 30.3 Å². The molecule has 0 aliphatic carbocycles. The van der Waals surface area contributed by atoms with E-state index >= 15 is 0 Å². The van der Waals surface area contributed by atoms with Crippen molar-refractivity contribution in [2.75, 3.05) is 17.4 Å². The van der Waals surface area contributed by atoms with Crippen LogP contribution in [0.1, 0.15) is 0 Å². The van der Waals surface area contributed by atoms with Gasteiger partial charge in [0.05, 0.1) is 0 Å². The maximum Gasteiger partial charge on any atom is 0.324 e. The van der Waals surface area contributed by atoms with Gasteiger partial charge in [-0.3, -0.25) is 5.32 Å². The summed E-state index contributed by atoms with van der Waals surface area (Å²) in [6, 6.07) is 7.75. The Labute approximate surface area is 118 Å². The van der Waals surface area contributed by atoms with Crippen molar-refractivity contribution in [3.63, 3.8) is 0 Å². The summed E-state index contributed by atoms with van der Waals surface area (Å²) in [6.07, 6.45) is 0. The van der Waals surface area contributed by atoms with Gasteiger partial charge in [0.15, 0.2) is 22.5 Å². The summed E-state index contributed by atoms with van der Waals surface area (Å²) in [4.78, 5) is 11.8. The lowest BCUT2D eigenvalue weighted by Gasteiger charge is -2.07. The smallest absolute Gasteiger partial charge is 0.324 e. The van der Waals surface area contributed by atoms with Crippen LogP contribution < -0.4 is 20.1 Å². The van der Waals surface area contributed by atoms with Crippen LogP contribution in [0.4, 0.5) is 16.3 Å². The van der Waals surface area contributed by atoms with Crippen LogP contribution in [0, 0.1) is 0 Å². The molecule has 1 aliphatic heterocycles.